The van der Waals surface area contributed by atoms with E-state index in [2.05, 4.69) is 5.32 Å². The van der Waals surface area contributed by atoms with Crippen molar-refractivity contribution in [2.75, 3.05) is 32.0 Å². The molecule has 0 spiro atoms. The van der Waals surface area contributed by atoms with E-state index in [0.717, 1.165) is 23.5 Å². The first-order chi connectivity index (χ1) is 12.4. The molecule has 1 aromatic carbocycles. The normalized spacial score (nSPS) is 16.5. The first kappa shape index (κ1) is 18.6. The number of likely N-dealkylation sites (N-methyl/N-ethyl adjacent to an activating group) is 1. The molecule has 0 aliphatic carbocycles. The van der Waals surface area contributed by atoms with Crippen molar-refractivity contribution < 1.29 is 22.5 Å². The number of benzene rings is 1. The Hall–Kier alpha value is -2.16. The van der Waals surface area contributed by atoms with E-state index in [1.54, 1.807) is 24.5 Å². The number of carbonyl (C=O) groups is 1. The molecule has 140 valence electrons. The molecule has 1 aromatic heterocycles. The molecule has 7 nitrogen and oxygen atoms in total. The second-order valence-corrected chi connectivity index (χ2v) is 8.52. The van der Waals surface area contributed by atoms with Gasteiger partial charge < -0.3 is 14.6 Å². The SMILES string of the molecule is C[NH+](CC(=O)Nc1cccc(S(=O)(=O)N2CCCC2)c1)Cc1ccco1. The van der Waals surface area contributed by atoms with E-state index in [0.29, 0.717) is 25.3 Å². The maximum atomic E-state index is 12.6. The van der Waals surface area contributed by atoms with Crippen LogP contribution in [0.5, 0.6) is 0 Å². The zero-order valence-corrected chi connectivity index (χ0v) is 15.6. The van der Waals surface area contributed by atoms with Crippen LogP contribution in [-0.2, 0) is 21.4 Å². The lowest BCUT2D eigenvalue weighted by atomic mass is 10.3. The number of rotatable bonds is 7. The first-order valence-electron chi connectivity index (χ1n) is 8.69. The number of carbonyl (C=O) groups excluding carboxylic acids is 1. The second-order valence-electron chi connectivity index (χ2n) is 6.58. The Kier molecular flexibility index (Phi) is 5.75. The van der Waals surface area contributed by atoms with E-state index in [9.17, 15) is 13.2 Å². The van der Waals surface area contributed by atoms with Crippen LogP contribution in [0.4, 0.5) is 5.69 Å². The second kappa shape index (κ2) is 8.03. The fourth-order valence-electron chi connectivity index (χ4n) is 3.06. The summed E-state index contributed by atoms with van der Waals surface area (Å²) in [5, 5.41) is 2.78. The van der Waals surface area contributed by atoms with Crippen molar-refractivity contribution in [3.05, 3.63) is 48.4 Å². The maximum Gasteiger partial charge on any atom is 0.279 e. The quantitative estimate of drug-likeness (QED) is 0.744. The molecule has 0 bridgehead atoms. The lowest BCUT2D eigenvalue weighted by Gasteiger charge is -2.16. The standard InChI is InChI=1S/C18H23N3O4S/c1-20(13-16-7-5-11-25-16)14-18(22)19-15-6-4-8-17(12-15)26(23,24)21-9-2-3-10-21/h4-8,11-12H,2-3,9-10,13-14H2,1H3,(H,19,22)/p+1. The Morgan fingerprint density at radius 2 is 2.00 bits per heavy atom. The predicted octanol–water partition coefficient (Wildman–Crippen LogP) is 0.718. The van der Waals surface area contributed by atoms with E-state index < -0.39 is 10.0 Å². The Balaban J connectivity index is 1.62. The van der Waals surface area contributed by atoms with Crippen LogP contribution in [0.25, 0.3) is 0 Å². The third-order valence-corrected chi connectivity index (χ3v) is 6.23. The van der Waals surface area contributed by atoms with Gasteiger partial charge >= 0.3 is 0 Å². The maximum absolute atomic E-state index is 12.6. The Morgan fingerprint density at radius 1 is 1.23 bits per heavy atom. The third kappa shape index (κ3) is 4.51. The monoisotopic (exact) mass is 378 g/mol. The molecular weight excluding hydrogens is 354 g/mol. The summed E-state index contributed by atoms with van der Waals surface area (Å²) in [6.07, 6.45) is 3.38. The van der Waals surface area contributed by atoms with Crippen molar-refractivity contribution in [1.82, 2.24) is 4.31 Å². The van der Waals surface area contributed by atoms with Crippen LogP contribution in [0.3, 0.4) is 0 Å². The lowest BCUT2D eigenvalue weighted by molar-refractivity contribution is -0.886. The minimum atomic E-state index is -3.49. The smallest absolute Gasteiger partial charge is 0.279 e. The molecular formula is C18H24N3O4S+. The van der Waals surface area contributed by atoms with Crippen molar-refractivity contribution >= 4 is 21.6 Å². The number of nitrogens with zero attached hydrogens (tertiary/aromatic N) is 1. The number of hydrogen-bond acceptors (Lipinski definition) is 4. The molecule has 1 aliphatic rings. The topological polar surface area (TPSA) is 84.1 Å². The van der Waals surface area contributed by atoms with Crippen LogP contribution >= 0.6 is 0 Å². The summed E-state index contributed by atoms with van der Waals surface area (Å²) in [6, 6.07) is 10.1. The van der Waals surface area contributed by atoms with E-state index in [4.69, 9.17) is 4.42 Å². The molecule has 2 aromatic rings. The van der Waals surface area contributed by atoms with Crippen LogP contribution in [0.2, 0.25) is 0 Å². The van der Waals surface area contributed by atoms with Crippen LogP contribution in [0.15, 0.2) is 52.0 Å². The molecule has 1 unspecified atom stereocenters. The summed E-state index contributed by atoms with van der Waals surface area (Å²) in [6.45, 7) is 1.97. The highest BCUT2D eigenvalue weighted by atomic mass is 32.2. The third-order valence-electron chi connectivity index (χ3n) is 4.34. The first-order valence-corrected chi connectivity index (χ1v) is 10.1. The molecule has 8 heteroatoms. The minimum absolute atomic E-state index is 0.176. The Bertz CT molecular complexity index is 843. The summed E-state index contributed by atoms with van der Waals surface area (Å²) in [5.74, 6) is 0.638. The van der Waals surface area contributed by atoms with Crippen molar-refractivity contribution in [3.8, 4) is 0 Å². The molecule has 1 aliphatic heterocycles. The van der Waals surface area contributed by atoms with E-state index in [1.165, 1.54) is 10.4 Å². The largest absolute Gasteiger partial charge is 0.463 e. The molecule has 2 N–H and O–H groups in total. The summed E-state index contributed by atoms with van der Waals surface area (Å²) in [7, 11) is -1.59. The summed E-state index contributed by atoms with van der Waals surface area (Å²) in [5.41, 5.74) is 0.487. The molecule has 1 atom stereocenters. The molecule has 26 heavy (non-hydrogen) atoms. The lowest BCUT2D eigenvalue weighted by Crippen LogP contribution is -3.08. The molecule has 0 saturated carbocycles. The van der Waals surface area contributed by atoms with Gasteiger partial charge in [-0.15, -0.1) is 0 Å². The predicted molar refractivity (Wildman–Crippen MR) is 97.2 cm³/mol. The van der Waals surface area contributed by atoms with E-state index in [1.807, 2.05) is 19.2 Å². The van der Waals surface area contributed by atoms with E-state index >= 15 is 0 Å². The van der Waals surface area contributed by atoms with Crippen molar-refractivity contribution in [1.29, 1.82) is 0 Å². The average Bonchev–Trinajstić information content (AvgIpc) is 3.28. The summed E-state index contributed by atoms with van der Waals surface area (Å²) < 4.78 is 32.0. The van der Waals surface area contributed by atoms with Gasteiger partial charge in [0, 0.05) is 18.8 Å². The summed E-state index contributed by atoms with van der Waals surface area (Å²) >= 11 is 0. The van der Waals surface area contributed by atoms with Gasteiger partial charge in [-0.25, -0.2) is 8.42 Å². The molecule has 2 heterocycles. The van der Waals surface area contributed by atoms with Gasteiger partial charge in [-0.05, 0) is 43.2 Å². The van der Waals surface area contributed by atoms with Crippen LogP contribution in [0.1, 0.15) is 18.6 Å². The van der Waals surface area contributed by atoms with Crippen molar-refractivity contribution in [3.63, 3.8) is 0 Å². The van der Waals surface area contributed by atoms with Gasteiger partial charge in [-0.3, -0.25) is 4.79 Å². The highest BCUT2D eigenvalue weighted by Gasteiger charge is 2.27. The minimum Gasteiger partial charge on any atom is -0.463 e. The number of nitrogens with one attached hydrogen (secondary N) is 2. The van der Waals surface area contributed by atoms with Crippen molar-refractivity contribution in [2.24, 2.45) is 0 Å². The highest BCUT2D eigenvalue weighted by molar-refractivity contribution is 7.89. The number of anilines is 1. The van der Waals surface area contributed by atoms with Gasteiger partial charge in [0.05, 0.1) is 18.2 Å². The number of amides is 1. The molecule has 0 radical (unpaired) electrons. The van der Waals surface area contributed by atoms with Gasteiger partial charge in [0.1, 0.15) is 6.54 Å². The molecule has 1 fully saturated rings. The number of sulfonamides is 1. The Morgan fingerprint density at radius 3 is 2.69 bits per heavy atom. The molecule has 1 saturated heterocycles. The number of hydrogen-bond donors (Lipinski definition) is 2. The van der Waals surface area contributed by atoms with Gasteiger partial charge in [0.15, 0.2) is 12.3 Å². The molecule has 1 amide bonds. The number of furan rings is 1. The van der Waals surface area contributed by atoms with Gasteiger partial charge in [0.25, 0.3) is 5.91 Å². The Labute approximate surface area is 153 Å². The van der Waals surface area contributed by atoms with Crippen LogP contribution in [0, 0.1) is 0 Å². The fourth-order valence-corrected chi connectivity index (χ4v) is 4.63. The fraction of sp³-hybridized carbons (Fsp3) is 0.389. The zero-order valence-electron chi connectivity index (χ0n) is 14.8. The van der Waals surface area contributed by atoms with Gasteiger partial charge in [0.2, 0.25) is 10.0 Å². The van der Waals surface area contributed by atoms with Crippen LogP contribution < -0.4 is 10.2 Å². The zero-order chi connectivity index (χ0) is 18.6. The average molecular weight is 378 g/mol. The van der Waals surface area contributed by atoms with Gasteiger partial charge in [-0.2, -0.15) is 4.31 Å². The highest BCUT2D eigenvalue weighted by Crippen LogP contribution is 2.23. The van der Waals surface area contributed by atoms with Gasteiger partial charge in [-0.1, -0.05) is 6.07 Å². The van der Waals surface area contributed by atoms with E-state index in [-0.39, 0.29) is 17.3 Å². The number of quaternary nitrogens is 1. The summed E-state index contributed by atoms with van der Waals surface area (Å²) in [4.78, 5) is 13.4. The van der Waals surface area contributed by atoms with Crippen LogP contribution in [-0.4, -0.2) is 45.3 Å². The van der Waals surface area contributed by atoms with Crippen molar-refractivity contribution in [2.45, 2.75) is 24.3 Å². The molecule has 3 rings (SSSR count).